The Morgan fingerprint density at radius 3 is 2.69 bits per heavy atom. The van der Waals surface area contributed by atoms with E-state index in [-0.39, 0.29) is 11.8 Å². The van der Waals surface area contributed by atoms with Gasteiger partial charge in [0.2, 0.25) is 5.91 Å². The summed E-state index contributed by atoms with van der Waals surface area (Å²) < 4.78 is 1.04. The van der Waals surface area contributed by atoms with E-state index in [1.54, 1.807) is 6.20 Å². The van der Waals surface area contributed by atoms with Crippen molar-refractivity contribution < 1.29 is 4.79 Å². The van der Waals surface area contributed by atoms with Gasteiger partial charge in [-0.05, 0) is 36.6 Å². The summed E-state index contributed by atoms with van der Waals surface area (Å²) in [5.41, 5.74) is 2.09. The summed E-state index contributed by atoms with van der Waals surface area (Å²) in [6, 6.07) is 19.9. The number of aromatic nitrogens is 2. The molecule has 2 heterocycles. The second-order valence-corrected chi connectivity index (χ2v) is 8.15. The molecule has 1 aromatic heterocycles. The second kappa shape index (κ2) is 9.18. The number of halogens is 1. The molecule has 1 unspecified atom stereocenters. The Labute approximate surface area is 179 Å². The Kier molecular flexibility index (Phi) is 6.20. The van der Waals surface area contributed by atoms with Gasteiger partial charge in [0.05, 0.1) is 5.92 Å². The number of carbonyl (C=O) groups excluding carboxylic acids is 1. The van der Waals surface area contributed by atoms with Gasteiger partial charge in [0, 0.05) is 35.9 Å². The van der Waals surface area contributed by atoms with Crippen molar-refractivity contribution in [1.82, 2.24) is 15.3 Å². The van der Waals surface area contributed by atoms with Crippen LogP contribution in [0, 0.1) is 5.92 Å². The summed E-state index contributed by atoms with van der Waals surface area (Å²) in [7, 11) is 0. The van der Waals surface area contributed by atoms with Gasteiger partial charge in [0.25, 0.3) is 0 Å². The summed E-state index contributed by atoms with van der Waals surface area (Å²) in [5, 5.41) is 3.08. The number of carbonyl (C=O) groups is 1. The fourth-order valence-corrected chi connectivity index (χ4v) is 3.85. The number of piperidine rings is 1. The molecule has 1 saturated heterocycles. The van der Waals surface area contributed by atoms with Crippen LogP contribution in [0.15, 0.2) is 71.3 Å². The first-order chi connectivity index (χ1) is 14.2. The predicted molar refractivity (Wildman–Crippen MR) is 118 cm³/mol. The summed E-state index contributed by atoms with van der Waals surface area (Å²) in [5.74, 6) is 1.67. The highest BCUT2D eigenvalue weighted by molar-refractivity contribution is 9.10. The summed E-state index contributed by atoms with van der Waals surface area (Å²) in [6.45, 7) is 2.13. The van der Waals surface area contributed by atoms with Crippen LogP contribution in [-0.2, 0) is 11.3 Å². The monoisotopic (exact) mass is 450 g/mol. The van der Waals surface area contributed by atoms with Crippen molar-refractivity contribution in [2.75, 3.05) is 18.0 Å². The second-order valence-electron chi connectivity index (χ2n) is 7.23. The molecule has 0 bridgehead atoms. The molecule has 29 heavy (non-hydrogen) atoms. The normalized spacial score (nSPS) is 16.4. The third-order valence-electron chi connectivity index (χ3n) is 5.17. The van der Waals surface area contributed by atoms with Crippen LogP contribution in [-0.4, -0.2) is 29.0 Å². The Bertz CT molecular complexity index is 962. The van der Waals surface area contributed by atoms with E-state index in [9.17, 15) is 4.79 Å². The van der Waals surface area contributed by atoms with Crippen LogP contribution in [0.25, 0.3) is 11.4 Å². The number of nitrogens with one attached hydrogen (secondary N) is 1. The molecule has 0 saturated carbocycles. The van der Waals surface area contributed by atoms with Crippen molar-refractivity contribution in [3.05, 3.63) is 76.9 Å². The van der Waals surface area contributed by atoms with Crippen LogP contribution in [0.2, 0.25) is 0 Å². The van der Waals surface area contributed by atoms with Crippen LogP contribution >= 0.6 is 15.9 Å². The lowest BCUT2D eigenvalue weighted by molar-refractivity contribution is -0.125. The highest BCUT2D eigenvalue weighted by atomic mass is 79.9. The van der Waals surface area contributed by atoms with Crippen molar-refractivity contribution in [2.45, 2.75) is 19.4 Å². The zero-order chi connectivity index (χ0) is 20.1. The van der Waals surface area contributed by atoms with Gasteiger partial charge in [0.15, 0.2) is 5.82 Å². The first kappa shape index (κ1) is 19.6. The van der Waals surface area contributed by atoms with E-state index < -0.39 is 0 Å². The maximum absolute atomic E-state index is 12.7. The molecular formula is C23H23BrN4O. The molecular weight excluding hydrogens is 428 g/mol. The highest BCUT2D eigenvalue weighted by Crippen LogP contribution is 2.24. The standard InChI is InChI=1S/C23H23BrN4O/c24-20-10-8-17(9-11-20)15-26-23(29)19-7-4-14-28(16-19)21-12-13-25-22(27-21)18-5-2-1-3-6-18/h1-3,5-6,8-13,19H,4,7,14-16H2,(H,26,29). The van der Waals surface area contributed by atoms with Gasteiger partial charge in [-0.15, -0.1) is 0 Å². The minimum atomic E-state index is -0.0330. The third-order valence-corrected chi connectivity index (χ3v) is 5.70. The molecule has 4 rings (SSSR count). The minimum Gasteiger partial charge on any atom is -0.356 e. The third kappa shape index (κ3) is 5.01. The molecule has 1 fully saturated rings. The van der Waals surface area contributed by atoms with Gasteiger partial charge in [-0.25, -0.2) is 9.97 Å². The van der Waals surface area contributed by atoms with Crippen LogP contribution in [0.1, 0.15) is 18.4 Å². The molecule has 1 amide bonds. The van der Waals surface area contributed by atoms with Crippen molar-refractivity contribution in [3.8, 4) is 11.4 Å². The summed E-state index contributed by atoms with van der Waals surface area (Å²) >= 11 is 3.43. The van der Waals surface area contributed by atoms with Crippen LogP contribution in [0.5, 0.6) is 0 Å². The number of nitrogens with zero attached hydrogens (tertiary/aromatic N) is 3. The van der Waals surface area contributed by atoms with Gasteiger partial charge in [-0.3, -0.25) is 4.79 Å². The van der Waals surface area contributed by atoms with E-state index >= 15 is 0 Å². The average molecular weight is 451 g/mol. The number of benzene rings is 2. The summed E-state index contributed by atoms with van der Waals surface area (Å²) in [6.07, 6.45) is 3.67. The molecule has 1 aliphatic heterocycles. The van der Waals surface area contributed by atoms with Gasteiger partial charge in [-0.2, -0.15) is 0 Å². The topological polar surface area (TPSA) is 58.1 Å². The maximum Gasteiger partial charge on any atom is 0.225 e. The van der Waals surface area contributed by atoms with E-state index in [4.69, 9.17) is 4.98 Å². The fourth-order valence-electron chi connectivity index (χ4n) is 3.59. The zero-order valence-electron chi connectivity index (χ0n) is 16.1. The SMILES string of the molecule is O=C(NCc1ccc(Br)cc1)C1CCCN(c2ccnc(-c3ccccc3)n2)C1. The zero-order valence-corrected chi connectivity index (χ0v) is 17.7. The molecule has 0 aliphatic carbocycles. The molecule has 3 aromatic rings. The molecule has 1 N–H and O–H groups in total. The highest BCUT2D eigenvalue weighted by Gasteiger charge is 2.26. The van der Waals surface area contributed by atoms with Crippen molar-refractivity contribution >= 4 is 27.7 Å². The van der Waals surface area contributed by atoms with E-state index in [1.165, 1.54) is 0 Å². The van der Waals surface area contributed by atoms with Crippen LogP contribution < -0.4 is 10.2 Å². The van der Waals surface area contributed by atoms with Crippen LogP contribution in [0.4, 0.5) is 5.82 Å². The Balaban J connectivity index is 1.40. The van der Waals surface area contributed by atoms with Gasteiger partial charge in [-0.1, -0.05) is 58.4 Å². The largest absolute Gasteiger partial charge is 0.356 e. The lowest BCUT2D eigenvalue weighted by Crippen LogP contribution is -2.43. The van der Waals surface area contributed by atoms with Crippen molar-refractivity contribution in [2.24, 2.45) is 5.92 Å². The van der Waals surface area contributed by atoms with Crippen LogP contribution in [0.3, 0.4) is 0 Å². The molecule has 2 aromatic carbocycles. The van der Waals surface area contributed by atoms with E-state index in [0.29, 0.717) is 18.9 Å². The number of rotatable bonds is 5. The molecule has 5 nitrogen and oxygen atoms in total. The maximum atomic E-state index is 12.7. The molecule has 0 radical (unpaired) electrons. The van der Waals surface area contributed by atoms with Gasteiger partial charge >= 0.3 is 0 Å². The first-order valence-corrected chi connectivity index (χ1v) is 10.6. The van der Waals surface area contributed by atoms with Gasteiger partial charge < -0.3 is 10.2 Å². The van der Waals surface area contributed by atoms with Crippen molar-refractivity contribution in [3.63, 3.8) is 0 Å². The summed E-state index contributed by atoms with van der Waals surface area (Å²) in [4.78, 5) is 24.1. The lowest BCUT2D eigenvalue weighted by atomic mass is 9.97. The Hall–Kier alpha value is -2.73. The van der Waals surface area contributed by atoms with E-state index in [1.807, 2.05) is 60.7 Å². The number of anilines is 1. The number of amides is 1. The molecule has 1 atom stereocenters. The smallest absolute Gasteiger partial charge is 0.225 e. The number of hydrogen-bond donors (Lipinski definition) is 1. The Morgan fingerprint density at radius 1 is 1.10 bits per heavy atom. The van der Waals surface area contributed by atoms with E-state index in [0.717, 1.165) is 40.8 Å². The quantitative estimate of drug-likeness (QED) is 0.623. The predicted octanol–water partition coefficient (Wildman–Crippen LogP) is 4.44. The molecule has 148 valence electrons. The van der Waals surface area contributed by atoms with Gasteiger partial charge in [0.1, 0.15) is 5.82 Å². The first-order valence-electron chi connectivity index (χ1n) is 9.84. The molecule has 1 aliphatic rings. The fraction of sp³-hybridized carbons (Fsp3) is 0.261. The van der Waals surface area contributed by atoms with Crippen molar-refractivity contribution in [1.29, 1.82) is 0 Å². The molecule has 0 spiro atoms. The Morgan fingerprint density at radius 2 is 1.90 bits per heavy atom. The number of hydrogen-bond acceptors (Lipinski definition) is 4. The molecule has 6 heteroatoms. The average Bonchev–Trinajstić information content (AvgIpc) is 2.79. The van der Waals surface area contributed by atoms with E-state index in [2.05, 4.69) is 31.1 Å². The minimum absolute atomic E-state index is 0.0330. The lowest BCUT2D eigenvalue weighted by Gasteiger charge is -2.33.